The maximum absolute atomic E-state index is 13.3. The van der Waals surface area contributed by atoms with Gasteiger partial charge >= 0.3 is 0 Å². The van der Waals surface area contributed by atoms with Crippen LogP contribution in [0.5, 0.6) is 5.75 Å². The van der Waals surface area contributed by atoms with Gasteiger partial charge < -0.3 is 15.8 Å². The van der Waals surface area contributed by atoms with Gasteiger partial charge in [0.2, 0.25) is 5.91 Å². The van der Waals surface area contributed by atoms with Crippen molar-refractivity contribution in [2.45, 2.75) is 38.3 Å². The van der Waals surface area contributed by atoms with Gasteiger partial charge in [-0.1, -0.05) is 12.1 Å². The standard InChI is InChI=1S/C19H21FN2O2.ClH/c1-19(2)11-16(15-10-14(21)6-7-17(15)24-19)22-18(23)9-12-4-3-5-13(20)8-12;/h3-8,10,16H,9,11,21H2,1-2H3,(H,22,23);1H. The van der Waals surface area contributed by atoms with Gasteiger partial charge in [-0.2, -0.15) is 0 Å². The van der Waals surface area contributed by atoms with Gasteiger partial charge in [-0.3, -0.25) is 4.79 Å². The number of nitrogen functional groups attached to an aromatic ring is 1. The van der Waals surface area contributed by atoms with Gasteiger partial charge in [0, 0.05) is 17.7 Å². The molecule has 2 aromatic carbocycles. The molecule has 1 atom stereocenters. The van der Waals surface area contributed by atoms with E-state index < -0.39 is 0 Å². The van der Waals surface area contributed by atoms with Crippen LogP contribution in [0.3, 0.4) is 0 Å². The number of fused-ring (bicyclic) bond motifs is 1. The normalized spacial score (nSPS) is 17.6. The molecule has 0 fully saturated rings. The van der Waals surface area contributed by atoms with Crippen molar-refractivity contribution < 1.29 is 13.9 Å². The molecule has 0 saturated heterocycles. The third-order valence-electron chi connectivity index (χ3n) is 4.08. The molecule has 3 N–H and O–H groups in total. The highest BCUT2D eigenvalue weighted by Crippen LogP contribution is 2.40. The molecule has 134 valence electrons. The van der Waals surface area contributed by atoms with Crippen molar-refractivity contribution in [2.24, 2.45) is 0 Å². The quantitative estimate of drug-likeness (QED) is 0.814. The van der Waals surface area contributed by atoms with Crippen molar-refractivity contribution in [3.8, 4) is 5.75 Å². The minimum atomic E-state index is -0.389. The molecule has 0 radical (unpaired) electrons. The molecule has 3 rings (SSSR count). The molecule has 0 bridgehead atoms. The van der Waals surface area contributed by atoms with Crippen molar-refractivity contribution in [1.29, 1.82) is 0 Å². The van der Waals surface area contributed by atoms with E-state index in [4.69, 9.17) is 10.5 Å². The summed E-state index contributed by atoms with van der Waals surface area (Å²) in [5.74, 6) is 0.235. The number of ether oxygens (including phenoxy) is 1. The van der Waals surface area contributed by atoms with Crippen molar-refractivity contribution in [1.82, 2.24) is 5.32 Å². The van der Waals surface area contributed by atoms with Gasteiger partial charge in [-0.05, 0) is 49.7 Å². The highest BCUT2D eigenvalue weighted by atomic mass is 35.5. The molecule has 0 aromatic heterocycles. The second-order valence-electron chi connectivity index (χ2n) is 6.79. The molecule has 6 heteroatoms. The van der Waals surface area contributed by atoms with E-state index in [0.717, 1.165) is 11.3 Å². The predicted octanol–water partition coefficient (Wildman–Crippen LogP) is 3.79. The van der Waals surface area contributed by atoms with Crippen molar-refractivity contribution in [3.63, 3.8) is 0 Å². The van der Waals surface area contributed by atoms with E-state index in [1.54, 1.807) is 18.2 Å². The first kappa shape index (κ1) is 19.1. The summed E-state index contributed by atoms with van der Waals surface area (Å²) >= 11 is 0. The number of rotatable bonds is 3. The first-order valence-corrected chi connectivity index (χ1v) is 7.95. The van der Waals surface area contributed by atoms with Crippen LogP contribution >= 0.6 is 12.4 Å². The van der Waals surface area contributed by atoms with Gasteiger partial charge in [0.25, 0.3) is 0 Å². The number of carbonyl (C=O) groups excluding carboxylic acids is 1. The van der Waals surface area contributed by atoms with Gasteiger partial charge in [-0.25, -0.2) is 4.39 Å². The summed E-state index contributed by atoms with van der Waals surface area (Å²) in [6.07, 6.45) is 0.769. The lowest BCUT2D eigenvalue weighted by Gasteiger charge is -2.38. The van der Waals surface area contributed by atoms with Crippen LogP contribution in [0.15, 0.2) is 42.5 Å². The number of hydrogen-bond donors (Lipinski definition) is 2. The average Bonchev–Trinajstić information content (AvgIpc) is 2.47. The minimum Gasteiger partial charge on any atom is -0.487 e. The molecule has 0 aliphatic carbocycles. The molecule has 1 amide bonds. The molecule has 1 aliphatic heterocycles. The summed E-state index contributed by atoms with van der Waals surface area (Å²) in [6.45, 7) is 3.97. The van der Waals surface area contributed by atoms with E-state index in [-0.39, 0.29) is 42.2 Å². The molecule has 0 spiro atoms. The number of nitrogens with one attached hydrogen (secondary N) is 1. The molecule has 25 heavy (non-hydrogen) atoms. The molecular weight excluding hydrogens is 343 g/mol. The van der Waals surface area contributed by atoms with Crippen LogP contribution in [0.1, 0.15) is 37.4 Å². The van der Waals surface area contributed by atoms with E-state index >= 15 is 0 Å². The Kier molecular flexibility index (Phi) is 5.58. The molecule has 0 saturated carbocycles. The van der Waals surface area contributed by atoms with Crippen molar-refractivity contribution >= 4 is 24.0 Å². The topological polar surface area (TPSA) is 64.4 Å². The number of amides is 1. The fraction of sp³-hybridized carbons (Fsp3) is 0.316. The molecule has 1 aliphatic rings. The third kappa shape index (κ3) is 4.63. The molecule has 1 unspecified atom stereocenters. The first-order valence-electron chi connectivity index (χ1n) is 7.95. The summed E-state index contributed by atoms with van der Waals surface area (Å²) in [5.41, 5.74) is 7.63. The van der Waals surface area contributed by atoms with E-state index in [2.05, 4.69) is 5.32 Å². The lowest BCUT2D eigenvalue weighted by Crippen LogP contribution is -2.41. The monoisotopic (exact) mass is 364 g/mol. The number of hydrogen-bond acceptors (Lipinski definition) is 3. The lowest BCUT2D eigenvalue weighted by molar-refractivity contribution is -0.121. The Bertz CT molecular complexity index is 780. The maximum Gasteiger partial charge on any atom is 0.224 e. The number of nitrogens with two attached hydrogens (primary N) is 1. The fourth-order valence-electron chi connectivity index (χ4n) is 3.08. The Hall–Kier alpha value is -2.27. The maximum atomic E-state index is 13.3. The van der Waals surface area contributed by atoms with E-state index in [1.165, 1.54) is 12.1 Å². The average molecular weight is 365 g/mol. The van der Waals surface area contributed by atoms with Gasteiger partial charge in [0.05, 0.1) is 12.5 Å². The number of benzene rings is 2. The number of halogens is 2. The van der Waals surface area contributed by atoms with Crippen LogP contribution in [-0.4, -0.2) is 11.5 Å². The van der Waals surface area contributed by atoms with Crippen molar-refractivity contribution in [2.75, 3.05) is 5.73 Å². The highest BCUT2D eigenvalue weighted by molar-refractivity contribution is 5.85. The smallest absolute Gasteiger partial charge is 0.224 e. The molecule has 2 aromatic rings. The van der Waals surface area contributed by atoms with Gasteiger partial charge in [0.15, 0.2) is 0 Å². The Morgan fingerprint density at radius 2 is 2.08 bits per heavy atom. The third-order valence-corrected chi connectivity index (χ3v) is 4.08. The minimum absolute atomic E-state index is 0. The van der Waals surface area contributed by atoms with E-state index in [9.17, 15) is 9.18 Å². The van der Waals surface area contributed by atoms with E-state index in [1.807, 2.05) is 26.0 Å². The van der Waals surface area contributed by atoms with E-state index in [0.29, 0.717) is 17.7 Å². The van der Waals surface area contributed by atoms with Gasteiger partial charge in [0.1, 0.15) is 17.2 Å². The lowest BCUT2D eigenvalue weighted by atomic mass is 9.89. The summed E-state index contributed by atoms with van der Waals surface area (Å²) in [7, 11) is 0. The van der Waals surface area contributed by atoms with Crippen LogP contribution in [0.4, 0.5) is 10.1 Å². The zero-order valence-electron chi connectivity index (χ0n) is 14.2. The Labute approximate surface area is 153 Å². The van der Waals surface area contributed by atoms with Gasteiger partial charge in [-0.15, -0.1) is 12.4 Å². The van der Waals surface area contributed by atoms with Crippen LogP contribution in [0.2, 0.25) is 0 Å². The predicted molar refractivity (Wildman–Crippen MR) is 98.4 cm³/mol. The molecular formula is C19H22ClFN2O2. The van der Waals surface area contributed by atoms with Crippen molar-refractivity contribution in [3.05, 3.63) is 59.4 Å². The second kappa shape index (κ2) is 7.31. The van der Waals surface area contributed by atoms with Crippen LogP contribution in [0, 0.1) is 5.82 Å². The highest BCUT2D eigenvalue weighted by Gasteiger charge is 2.34. The molecule has 1 heterocycles. The second-order valence-corrected chi connectivity index (χ2v) is 6.79. The fourth-order valence-corrected chi connectivity index (χ4v) is 3.08. The summed E-state index contributed by atoms with van der Waals surface area (Å²) in [5, 5.41) is 3.03. The Balaban J connectivity index is 0.00000225. The summed E-state index contributed by atoms with van der Waals surface area (Å²) in [4.78, 5) is 12.4. The molecule has 4 nitrogen and oxygen atoms in total. The number of carbonyl (C=O) groups is 1. The zero-order valence-corrected chi connectivity index (χ0v) is 15.0. The Morgan fingerprint density at radius 3 is 2.80 bits per heavy atom. The largest absolute Gasteiger partial charge is 0.487 e. The summed E-state index contributed by atoms with van der Waals surface area (Å²) < 4.78 is 19.2. The number of anilines is 1. The van der Waals surface area contributed by atoms with Crippen LogP contribution in [0.25, 0.3) is 0 Å². The SMILES string of the molecule is CC1(C)CC(NC(=O)Cc2cccc(F)c2)c2cc(N)ccc2O1.Cl. The first-order chi connectivity index (χ1) is 11.3. The Morgan fingerprint density at radius 1 is 1.32 bits per heavy atom. The van der Waals surface area contributed by atoms with Crippen LogP contribution in [-0.2, 0) is 11.2 Å². The van der Waals surface area contributed by atoms with Crippen LogP contribution < -0.4 is 15.8 Å². The summed E-state index contributed by atoms with van der Waals surface area (Å²) in [6, 6.07) is 11.3. The zero-order chi connectivity index (χ0) is 17.3.